The Morgan fingerprint density at radius 3 is 2.47 bits per heavy atom. The molecule has 0 aliphatic heterocycles. The molecular weight excluding hydrogens is 283 g/mol. The van der Waals surface area contributed by atoms with E-state index >= 15 is 0 Å². The summed E-state index contributed by atoms with van der Waals surface area (Å²) in [6, 6.07) is 4.10. The van der Waals surface area contributed by atoms with Crippen LogP contribution >= 0.6 is 0 Å². The second-order valence-corrected chi connectivity index (χ2v) is 5.72. The van der Waals surface area contributed by atoms with Gasteiger partial charge in [0.05, 0.1) is 11.6 Å². The molecule has 0 heterocycles. The highest BCUT2D eigenvalue weighted by Gasteiger charge is 2.33. The smallest absolute Gasteiger partial charge is 0.398 e. The van der Waals surface area contributed by atoms with Crippen LogP contribution in [0.3, 0.4) is 0 Å². The van der Waals surface area contributed by atoms with Crippen molar-refractivity contribution in [3.8, 4) is 6.07 Å². The summed E-state index contributed by atoms with van der Waals surface area (Å²) in [5, 5.41) is 7.12. The van der Waals surface area contributed by atoms with Crippen LogP contribution in [0.4, 0.5) is 24.5 Å². The van der Waals surface area contributed by atoms with Crippen LogP contribution in [0.2, 0.25) is 0 Å². The maximum absolute atomic E-state index is 12.6. The highest BCUT2D eigenvalue weighted by atomic mass is 32.2. The van der Waals surface area contributed by atoms with Gasteiger partial charge < -0.3 is 5.73 Å². The van der Waals surface area contributed by atoms with Crippen LogP contribution in [0.15, 0.2) is 18.2 Å². The maximum Gasteiger partial charge on any atom is 0.418 e. The van der Waals surface area contributed by atoms with E-state index in [1.165, 1.54) is 6.07 Å². The largest absolute Gasteiger partial charge is 0.418 e. The molecule has 0 amide bonds. The lowest BCUT2D eigenvalue weighted by Crippen LogP contribution is -2.24. The van der Waals surface area contributed by atoms with Gasteiger partial charge in [-0.25, -0.2) is 8.42 Å². The van der Waals surface area contributed by atoms with Gasteiger partial charge in [-0.05, 0) is 25.1 Å². The zero-order valence-electron chi connectivity index (χ0n) is 9.69. The normalized spacial score (nSPS) is 13.6. The highest BCUT2D eigenvalue weighted by molar-refractivity contribution is 7.93. The van der Waals surface area contributed by atoms with E-state index in [9.17, 15) is 21.6 Å². The average molecular weight is 293 g/mol. The third kappa shape index (κ3) is 3.51. The summed E-state index contributed by atoms with van der Waals surface area (Å²) in [5.74, 6) is 0. The number of nitrogens with one attached hydrogen (secondary N) is 1. The Labute approximate surface area is 107 Å². The van der Waals surface area contributed by atoms with Gasteiger partial charge in [-0.1, -0.05) is 0 Å². The molecular formula is C10H10F3N3O2S. The molecule has 1 aromatic rings. The van der Waals surface area contributed by atoms with E-state index in [0.29, 0.717) is 6.07 Å². The molecule has 0 aliphatic carbocycles. The summed E-state index contributed by atoms with van der Waals surface area (Å²) in [6.45, 7) is 1.12. The predicted octanol–water partition coefficient (Wildman–Crippen LogP) is 1.94. The standard InChI is InChI=1S/C10H10F3N3O2S/c1-6(5-14)19(17,18)16-7-2-3-9(15)8(4-7)10(11,12)13/h2-4,6,16H,15H2,1H3. The molecule has 1 atom stereocenters. The van der Waals surface area contributed by atoms with Gasteiger partial charge >= 0.3 is 6.18 Å². The lowest BCUT2D eigenvalue weighted by Gasteiger charge is -2.13. The monoisotopic (exact) mass is 293 g/mol. The molecule has 0 spiro atoms. The van der Waals surface area contributed by atoms with Gasteiger partial charge in [0.2, 0.25) is 10.0 Å². The Bertz CT molecular complexity index is 620. The fourth-order valence-electron chi connectivity index (χ4n) is 1.19. The molecule has 0 saturated carbocycles. The molecule has 0 bridgehead atoms. The molecule has 9 heteroatoms. The fraction of sp³-hybridized carbons (Fsp3) is 0.300. The summed E-state index contributed by atoms with van der Waals surface area (Å²) in [6.07, 6.45) is -4.69. The quantitative estimate of drug-likeness (QED) is 0.832. The number of sulfonamides is 1. The van der Waals surface area contributed by atoms with Gasteiger partial charge in [0.1, 0.15) is 0 Å². The zero-order valence-corrected chi connectivity index (χ0v) is 10.5. The van der Waals surface area contributed by atoms with Crippen LogP contribution in [0.5, 0.6) is 0 Å². The molecule has 3 N–H and O–H groups in total. The zero-order chi connectivity index (χ0) is 14.8. The average Bonchev–Trinajstić information content (AvgIpc) is 2.28. The molecule has 5 nitrogen and oxygen atoms in total. The number of rotatable bonds is 3. The molecule has 0 aromatic heterocycles. The summed E-state index contributed by atoms with van der Waals surface area (Å²) >= 11 is 0. The van der Waals surface area contributed by atoms with Crippen molar-refractivity contribution in [1.82, 2.24) is 0 Å². The lowest BCUT2D eigenvalue weighted by atomic mass is 10.1. The number of nitrogens with zero attached hydrogens (tertiary/aromatic N) is 1. The van der Waals surface area contributed by atoms with Crippen LogP contribution in [0, 0.1) is 11.3 Å². The van der Waals surface area contributed by atoms with Crippen molar-refractivity contribution in [2.75, 3.05) is 10.5 Å². The van der Waals surface area contributed by atoms with Crippen molar-refractivity contribution in [2.24, 2.45) is 0 Å². The van der Waals surface area contributed by atoms with E-state index in [1.54, 1.807) is 0 Å². The number of hydrogen-bond donors (Lipinski definition) is 2. The van der Waals surface area contributed by atoms with Gasteiger partial charge in [0.25, 0.3) is 0 Å². The molecule has 104 valence electrons. The number of nitrogens with two attached hydrogens (primary N) is 1. The van der Waals surface area contributed by atoms with Crippen molar-refractivity contribution in [2.45, 2.75) is 18.3 Å². The lowest BCUT2D eigenvalue weighted by molar-refractivity contribution is -0.136. The number of halogens is 3. The second-order valence-electron chi connectivity index (χ2n) is 3.72. The van der Waals surface area contributed by atoms with Crippen molar-refractivity contribution >= 4 is 21.4 Å². The third-order valence-corrected chi connectivity index (χ3v) is 3.82. The molecule has 19 heavy (non-hydrogen) atoms. The van der Waals surface area contributed by atoms with E-state index in [1.807, 2.05) is 4.72 Å². The van der Waals surface area contributed by atoms with Crippen molar-refractivity contribution in [3.05, 3.63) is 23.8 Å². The molecule has 0 aliphatic rings. The Balaban J connectivity index is 3.16. The van der Waals surface area contributed by atoms with Crippen molar-refractivity contribution < 1.29 is 21.6 Å². The van der Waals surface area contributed by atoms with E-state index in [2.05, 4.69) is 0 Å². The number of alkyl halides is 3. The number of anilines is 2. The van der Waals surface area contributed by atoms with Crippen LogP contribution < -0.4 is 10.5 Å². The predicted molar refractivity (Wildman–Crippen MR) is 63.5 cm³/mol. The van der Waals surface area contributed by atoms with Crippen molar-refractivity contribution in [1.29, 1.82) is 5.26 Å². The minimum atomic E-state index is -4.69. The second kappa shape index (κ2) is 4.97. The minimum Gasteiger partial charge on any atom is -0.398 e. The van der Waals surface area contributed by atoms with Gasteiger partial charge in [-0.3, -0.25) is 4.72 Å². The molecule has 0 saturated heterocycles. The van der Waals surface area contributed by atoms with Crippen LogP contribution in [-0.4, -0.2) is 13.7 Å². The Hall–Kier alpha value is -1.95. The van der Waals surface area contributed by atoms with Gasteiger partial charge in [0, 0.05) is 11.4 Å². The first kappa shape index (κ1) is 15.1. The topological polar surface area (TPSA) is 96.0 Å². The Morgan fingerprint density at radius 1 is 1.42 bits per heavy atom. The summed E-state index contributed by atoms with van der Waals surface area (Å²) in [5.41, 5.74) is 3.22. The van der Waals surface area contributed by atoms with E-state index in [-0.39, 0.29) is 5.69 Å². The van der Waals surface area contributed by atoms with E-state index in [4.69, 9.17) is 11.0 Å². The van der Waals surface area contributed by atoms with Crippen LogP contribution in [0.1, 0.15) is 12.5 Å². The van der Waals surface area contributed by atoms with E-state index in [0.717, 1.165) is 19.1 Å². The summed E-state index contributed by atoms with van der Waals surface area (Å²) in [4.78, 5) is 0. The Kier molecular flexibility index (Phi) is 3.95. The minimum absolute atomic E-state index is 0.302. The number of hydrogen-bond acceptors (Lipinski definition) is 4. The SMILES string of the molecule is CC(C#N)S(=O)(=O)Nc1ccc(N)c(C(F)(F)F)c1. The fourth-order valence-corrected chi connectivity index (χ4v) is 1.96. The number of nitrogen functional groups attached to an aromatic ring is 1. The van der Waals surface area contributed by atoms with Gasteiger partial charge in [-0.2, -0.15) is 18.4 Å². The Morgan fingerprint density at radius 2 is 2.00 bits per heavy atom. The van der Waals surface area contributed by atoms with Crippen LogP contribution in [-0.2, 0) is 16.2 Å². The molecule has 1 aromatic carbocycles. The van der Waals surface area contributed by atoms with Crippen molar-refractivity contribution in [3.63, 3.8) is 0 Å². The summed E-state index contributed by atoms with van der Waals surface area (Å²) in [7, 11) is -4.06. The van der Waals surface area contributed by atoms with Crippen LogP contribution in [0.25, 0.3) is 0 Å². The third-order valence-electron chi connectivity index (χ3n) is 2.27. The first-order chi connectivity index (χ1) is 8.58. The molecule has 1 rings (SSSR count). The van der Waals surface area contributed by atoms with Gasteiger partial charge in [0.15, 0.2) is 5.25 Å². The number of nitriles is 1. The molecule has 0 fully saturated rings. The first-order valence-electron chi connectivity index (χ1n) is 4.96. The first-order valence-corrected chi connectivity index (χ1v) is 6.50. The van der Waals surface area contributed by atoms with E-state index < -0.39 is 32.7 Å². The molecule has 0 radical (unpaired) electrons. The number of benzene rings is 1. The summed E-state index contributed by atoms with van der Waals surface area (Å²) < 4.78 is 62.7. The molecule has 1 unspecified atom stereocenters. The maximum atomic E-state index is 12.6. The van der Waals surface area contributed by atoms with Gasteiger partial charge in [-0.15, -0.1) is 0 Å². The highest BCUT2D eigenvalue weighted by Crippen LogP contribution is 2.35.